The van der Waals surface area contributed by atoms with Crippen molar-refractivity contribution < 1.29 is 4.74 Å². The smallest absolute Gasteiger partial charge is 0.145 e. The molecule has 1 aliphatic heterocycles. The molecule has 0 atom stereocenters. The van der Waals surface area contributed by atoms with Gasteiger partial charge >= 0.3 is 0 Å². The molecule has 1 fully saturated rings. The highest BCUT2D eigenvalue weighted by Gasteiger charge is 2.13. The van der Waals surface area contributed by atoms with E-state index in [4.69, 9.17) is 15.3 Å². The summed E-state index contributed by atoms with van der Waals surface area (Å²) in [7, 11) is 0. The number of hydrogen-bond donors (Lipinski definition) is 1. The maximum Gasteiger partial charge on any atom is 0.145 e. The maximum absolute atomic E-state index is 8.67. The highest BCUT2D eigenvalue weighted by Crippen LogP contribution is 2.24. The monoisotopic (exact) mass is 268 g/mol. The van der Waals surface area contributed by atoms with Crippen molar-refractivity contribution in [2.24, 2.45) is 0 Å². The first-order valence-electron chi connectivity index (χ1n) is 6.45. The molecule has 0 radical (unpaired) electrons. The van der Waals surface area contributed by atoms with Gasteiger partial charge in [0.05, 0.1) is 13.2 Å². The number of anilines is 2. The zero-order valence-corrected chi connectivity index (χ0v) is 11.4. The lowest BCUT2D eigenvalue weighted by Crippen LogP contribution is -2.36. The fraction of sp³-hybridized carbons (Fsp3) is 0.333. The predicted octanol–water partition coefficient (Wildman–Crippen LogP) is 2.17. The topological polar surface area (TPSA) is 72.1 Å². The molecule has 1 aromatic carbocycles. The second-order valence-corrected chi connectivity index (χ2v) is 4.53. The minimum Gasteiger partial charge on any atom is -0.378 e. The van der Waals surface area contributed by atoms with Crippen molar-refractivity contribution in [1.29, 1.82) is 10.5 Å². The summed E-state index contributed by atoms with van der Waals surface area (Å²) in [6, 6.07) is 9.63. The number of allylic oxidation sites excluding steroid dienone is 1. The third-order valence-corrected chi connectivity index (χ3v) is 3.17. The number of nitrogens with zero attached hydrogens (tertiary/aromatic N) is 3. The Kier molecular flexibility index (Phi) is 4.60. The number of aryl methyl sites for hydroxylation is 1. The lowest BCUT2D eigenvalue weighted by Gasteiger charge is -2.30. The lowest BCUT2D eigenvalue weighted by atomic mass is 10.1. The molecule has 0 aromatic heterocycles. The third kappa shape index (κ3) is 3.28. The Hall–Kier alpha value is -2.50. The summed E-state index contributed by atoms with van der Waals surface area (Å²) in [5, 5.41) is 20.3. The highest BCUT2D eigenvalue weighted by atomic mass is 16.5. The third-order valence-electron chi connectivity index (χ3n) is 3.17. The van der Waals surface area contributed by atoms with Crippen LogP contribution in [0.3, 0.4) is 0 Å². The zero-order valence-electron chi connectivity index (χ0n) is 11.4. The predicted molar refractivity (Wildman–Crippen MR) is 77.1 cm³/mol. The fourth-order valence-electron chi connectivity index (χ4n) is 2.15. The van der Waals surface area contributed by atoms with E-state index in [9.17, 15) is 0 Å². The van der Waals surface area contributed by atoms with E-state index in [0.29, 0.717) is 0 Å². The molecule has 5 nitrogen and oxygen atoms in total. The Morgan fingerprint density at radius 3 is 2.60 bits per heavy atom. The SMILES string of the molecule is Cc1cc(NC=C(C#N)C#N)ccc1N1CCOCC1. The molecule has 1 N–H and O–H groups in total. The Balaban J connectivity index is 2.12. The van der Waals surface area contributed by atoms with Gasteiger partial charge in [0.1, 0.15) is 17.7 Å². The molecule has 1 heterocycles. The van der Waals surface area contributed by atoms with E-state index in [-0.39, 0.29) is 5.57 Å². The average Bonchev–Trinajstić information content (AvgIpc) is 2.49. The van der Waals surface area contributed by atoms with Gasteiger partial charge in [0.25, 0.3) is 0 Å². The van der Waals surface area contributed by atoms with E-state index < -0.39 is 0 Å². The van der Waals surface area contributed by atoms with E-state index in [0.717, 1.165) is 37.6 Å². The molecule has 0 spiro atoms. The van der Waals surface area contributed by atoms with Crippen LogP contribution in [0.25, 0.3) is 0 Å². The second kappa shape index (κ2) is 6.60. The van der Waals surface area contributed by atoms with E-state index >= 15 is 0 Å². The summed E-state index contributed by atoms with van der Waals surface area (Å²) < 4.78 is 5.35. The van der Waals surface area contributed by atoms with Crippen LogP contribution in [0.2, 0.25) is 0 Å². The Morgan fingerprint density at radius 2 is 2.00 bits per heavy atom. The van der Waals surface area contributed by atoms with Gasteiger partial charge in [0, 0.05) is 30.7 Å². The summed E-state index contributed by atoms with van der Waals surface area (Å²) in [4.78, 5) is 2.30. The van der Waals surface area contributed by atoms with Crippen molar-refractivity contribution in [3.63, 3.8) is 0 Å². The largest absolute Gasteiger partial charge is 0.378 e. The first-order chi connectivity index (χ1) is 9.74. The quantitative estimate of drug-likeness (QED) is 0.851. The van der Waals surface area contributed by atoms with Gasteiger partial charge < -0.3 is 15.0 Å². The van der Waals surface area contributed by atoms with E-state index in [2.05, 4.69) is 23.2 Å². The van der Waals surface area contributed by atoms with Gasteiger partial charge in [-0.2, -0.15) is 10.5 Å². The Bertz CT molecular complexity index is 573. The van der Waals surface area contributed by atoms with Crippen LogP contribution >= 0.6 is 0 Å². The van der Waals surface area contributed by atoms with Gasteiger partial charge in [0.15, 0.2) is 0 Å². The van der Waals surface area contributed by atoms with Crippen molar-refractivity contribution >= 4 is 11.4 Å². The molecule has 5 heteroatoms. The summed E-state index contributed by atoms with van der Waals surface area (Å²) in [6.45, 7) is 5.38. The number of benzene rings is 1. The minimum atomic E-state index is 0.0555. The van der Waals surface area contributed by atoms with Crippen LogP contribution in [0, 0.1) is 29.6 Å². The summed E-state index contributed by atoms with van der Waals surface area (Å²) in [5.41, 5.74) is 3.27. The number of hydrogen-bond acceptors (Lipinski definition) is 5. The van der Waals surface area contributed by atoms with Gasteiger partial charge in [-0.1, -0.05) is 0 Å². The lowest BCUT2D eigenvalue weighted by molar-refractivity contribution is 0.122. The average molecular weight is 268 g/mol. The first-order valence-corrected chi connectivity index (χ1v) is 6.45. The van der Waals surface area contributed by atoms with Gasteiger partial charge in [-0.15, -0.1) is 0 Å². The standard InChI is InChI=1S/C15H16N4O/c1-12-8-14(18-11-13(9-16)10-17)2-3-15(12)19-4-6-20-7-5-19/h2-3,8,11,18H,4-7H2,1H3. The van der Waals surface area contributed by atoms with Crippen molar-refractivity contribution in [2.45, 2.75) is 6.92 Å². The number of morpholine rings is 1. The minimum absolute atomic E-state index is 0.0555. The van der Waals surface area contributed by atoms with E-state index in [1.54, 1.807) is 0 Å². The Morgan fingerprint density at radius 1 is 1.30 bits per heavy atom. The van der Waals surface area contributed by atoms with Gasteiger partial charge in [0.2, 0.25) is 0 Å². The van der Waals surface area contributed by atoms with Crippen molar-refractivity contribution in [3.8, 4) is 12.1 Å². The van der Waals surface area contributed by atoms with Crippen LogP contribution in [0.4, 0.5) is 11.4 Å². The second-order valence-electron chi connectivity index (χ2n) is 4.53. The number of nitriles is 2. The zero-order chi connectivity index (χ0) is 14.4. The number of ether oxygens (including phenoxy) is 1. The molecule has 0 bridgehead atoms. The molecule has 1 aliphatic rings. The van der Waals surface area contributed by atoms with Crippen LogP contribution < -0.4 is 10.2 Å². The molecular weight excluding hydrogens is 252 g/mol. The summed E-state index contributed by atoms with van der Waals surface area (Å²) in [6.07, 6.45) is 1.42. The molecule has 2 rings (SSSR count). The van der Waals surface area contributed by atoms with Crippen molar-refractivity contribution in [1.82, 2.24) is 0 Å². The molecule has 0 saturated carbocycles. The molecule has 0 amide bonds. The summed E-state index contributed by atoms with van der Waals surface area (Å²) >= 11 is 0. The van der Waals surface area contributed by atoms with Crippen LogP contribution in [0.1, 0.15) is 5.56 Å². The molecule has 20 heavy (non-hydrogen) atoms. The Labute approximate surface area is 118 Å². The normalized spacial score (nSPS) is 14.1. The molecule has 102 valence electrons. The van der Waals surface area contributed by atoms with Gasteiger partial charge in [-0.05, 0) is 30.7 Å². The first kappa shape index (κ1) is 13.9. The van der Waals surface area contributed by atoms with Gasteiger partial charge in [-0.3, -0.25) is 0 Å². The molecule has 0 unspecified atom stereocenters. The maximum atomic E-state index is 8.67. The highest BCUT2D eigenvalue weighted by molar-refractivity contribution is 5.62. The molecule has 1 aromatic rings. The van der Waals surface area contributed by atoms with Crippen LogP contribution in [0.15, 0.2) is 30.0 Å². The number of rotatable bonds is 3. The fourth-order valence-corrected chi connectivity index (χ4v) is 2.15. The van der Waals surface area contributed by atoms with Crippen LogP contribution in [0.5, 0.6) is 0 Å². The molecule has 0 aliphatic carbocycles. The molecular formula is C15H16N4O. The van der Waals surface area contributed by atoms with E-state index in [1.165, 1.54) is 11.9 Å². The summed E-state index contributed by atoms with van der Waals surface area (Å²) in [5.74, 6) is 0. The van der Waals surface area contributed by atoms with Crippen molar-refractivity contribution in [3.05, 3.63) is 35.5 Å². The van der Waals surface area contributed by atoms with Crippen LogP contribution in [-0.4, -0.2) is 26.3 Å². The molecule has 1 saturated heterocycles. The van der Waals surface area contributed by atoms with E-state index in [1.807, 2.05) is 24.3 Å². The van der Waals surface area contributed by atoms with Crippen LogP contribution in [-0.2, 0) is 4.74 Å². The van der Waals surface area contributed by atoms with Crippen molar-refractivity contribution in [2.75, 3.05) is 36.5 Å². The number of nitrogens with one attached hydrogen (secondary N) is 1. The van der Waals surface area contributed by atoms with Gasteiger partial charge in [-0.25, -0.2) is 0 Å².